The molecule has 0 bridgehead atoms. The minimum atomic E-state index is -1.18. The smallest absolute Gasteiger partial charge is 0.413 e. The lowest BCUT2D eigenvalue weighted by atomic mass is 10.2. The number of nitrogens with one attached hydrogen (secondary N) is 1. The van der Waals surface area contributed by atoms with Crippen molar-refractivity contribution in [3.05, 3.63) is 28.8 Å². The van der Waals surface area contributed by atoms with Crippen molar-refractivity contribution in [2.75, 3.05) is 20.8 Å². The van der Waals surface area contributed by atoms with Gasteiger partial charge in [0.2, 0.25) is 0 Å². The first-order valence-corrected chi connectivity index (χ1v) is 7.98. The average molecular weight is 386 g/mol. The summed E-state index contributed by atoms with van der Waals surface area (Å²) < 4.78 is 19.8. The number of carbonyl (C=O) groups is 3. The van der Waals surface area contributed by atoms with Crippen molar-refractivity contribution in [3.8, 4) is 11.5 Å². The molecule has 26 heavy (non-hydrogen) atoms. The average Bonchev–Trinajstić information content (AvgIpc) is 2.61. The van der Waals surface area contributed by atoms with Crippen LogP contribution in [0.25, 0.3) is 6.08 Å². The zero-order chi connectivity index (χ0) is 19.7. The fourth-order valence-corrected chi connectivity index (χ4v) is 2.08. The summed E-state index contributed by atoms with van der Waals surface area (Å²) in [6, 6.07) is 3.22. The minimum Gasteiger partial charge on any atom is -0.493 e. The molecule has 2 amide bonds. The molecule has 0 radical (unpaired) electrons. The fourth-order valence-electron chi connectivity index (χ4n) is 1.80. The Hall–Kier alpha value is -2.74. The molecule has 8 nitrogen and oxygen atoms in total. The van der Waals surface area contributed by atoms with Crippen LogP contribution >= 0.6 is 11.6 Å². The van der Waals surface area contributed by atoms with Crippen LogP contribution in [0.15, 0.2) is 18.2 Å². The zero-order valence-electron chi connectivity index (χ0n) is 14.8. The molecule has 1 N–H and O–H groups in total. The van der Waals surface area contributed by atoms with Crippen LogP contribution in [0.2, 0.25) is 5.02 Å². The van der Waals surface area contributed by atoms with Gasteiger partial charge in [-0.15, -0.1) is 0 Å². The number of hydrogen-bond acceptors (Lipinski definition) is 7. The van der Waals surface area contributed by atoms with Gasteiger partial charge >= 0.3 is 12.1 Å². The zero-order valence-corrected chi connectivity index (χ0v) is 15.6. The van der Waals surface area contributed by atoms with Crippen molar-refractivity contribution in [3.63, 3.8) is 0 Å². The summed E-state index contributed by atoms with van der Waals surface area (Å²) in [5.74, 6) is -0.756. The van der Waals surface area contributed by atoms with Gasteiger partial charge in [0.05, 0.1) is 25.8 Å². The Labute approximate surface area is 156 Å². The monoisotopic (exact) mass is 385 g/mol. The van der Waals surface area contributed by atoms with Gasteiger partial charge in [0.1, 0.15) is 0 Å². The molecule has 0 saturated heterocycles. The van der Waals surface area contributed by atoms with Crippen LogP contribution in [0.1, 0.15) is 19.4 Å². The number of esters is 1. The Morgan fingerprint density at radius 2 is 1.96 bits per heavy atom. The first-order chi connectivity index (χ1) is 12.3. The number of rotatable bonds is 7. The molecule has 1 aromatic rings. The molecule has 0 aliphatic heterocycles. The molecule has 142 valence electrons. The van der Waals surface area contributed by atoms with Crippen LogP contribution in [0.3, 0.4) is 0 Å². The normalized spacial score (nSPS) is 11.6. The molecule has 0 aromatic heterocycles. The highest BCUT2D eigenvalue weighted by molar-refractivity contribution is 6.32. The highest BCUT2D eigenvalue weighted by atomic mass is 35.5. The molecule has 1 atom stereocenters. The highest BCUT2D eigenvalue weighted by Crippen LogP contribution is 2.36. The number of halogens is 1. The number of carbonyl (C=O) groups excluding carboxylic acids is 3. The number of methoxy groups -OCH3 is 2. The van der Waals surface area contributed by atoms with Gasteiger partial charge in [0, 0.05) is 6.08 Å². The lowest BCUT2D eigenvalue weighted by Gasteiger charge is -2.12. The summed E-state index contributed by atoms with van der Waals surface area (Å²) >= 11 is 6.14. The topological polar surface area (TPSA) is 100 Å². The van der Waals surface area contributed by atoms with Crippen molar-refractivity contribution in [2.24, 2.45) is 0 Å². The van der Waals surface area contributed by atoms with Crippen LogP contribution in [-0.2, 0) is 19.1 Å². The van der Waals surface area contributed by atoms with Crippen molar-refractivity contribution >= 4 is 35.6 Å². The Morgan fingerprint density at radius 3 is 2.54 bits per heavy atom. The SMILES string of the molecule is CCOc1c(Cl)cc(/C=C/C(=O)O[C@H](C)C(=O)NC(=O)OC)cc1OC. The molecule has 0 unspecified atom stereocenters. The molecule has 0 spiro atoms. The summed E-state index contributed by atoms with van der Waals surface area (Å²) in [4.78, 5) is 34.3. The number of ether oxygens (including phenoxy) is 4. The second kappa shape index (κ2) is 10.3. The van der Waals surface area contributed by atoms with E-state index in [1.807, 2.05) is 12.2 Å². The van der Waals surface area contributed by atoms with Gasteiger partial charge in [0.25, 0.3) is 5.91 Å². The van der Waals surface area contributed by atoms with Crippen molar-refractivity contribution in [1.29, 1.82) is 0 Å². The lowest BCUT2D eigenvalue weighted by Crippen LogP contribution is -2.39. The van der Waals surface area contributed by atoms with Crippen molar-refractivity contribution in [2.45, 2.75) is 20.0 Å². The van der Waals surface area contributed by atoms with Crippen LogP contribution < -0.4 is 14.8 Å². The van der Waals surface area contributed by atoms with Crippen LogP contribution in [0.4, 0.5) is 4.79 Å². The maximum Gasteiger partial charge on any atom is 0.413 e. The largest absolute Gasteiger partial charge is 0.493 e. The molecular weight excluding hydrogens is 366 g/mol. The predicted octanol–water partition coefficient (Wildman–Crippen LogP) is 2.57. The first-order valence-electron chi connectivity index (χ1n) is 7.60. The second-order valence-corrected chi connectivity index (χ2v) is 5.27. The third-order valence-electron chi connectivity index (χ3n) is 3.03. The quantitative estimate of drug-likeness (QED) is 0.568. The number of imide groups is 1. The van der Waals surface area contributed by atoms with E-state index < -0.39 is 24.1 Å². The second-order valence-electron chi connectivity index (χ2n) is 4.86. The molecule has 0 saturated carbocycles. The van der Waals surface area contributed by atoms with Gasteiger partial charge in [-0.2, -0.15) is 0 Å². The fraction of sp³-hybridized carbons (Fsp3) is 0.353. The molecule has 1 rings (SSSR count). The third-order valence-corrected chi connectivity index (χ3v) is 3.31. The molecule has 1 aromatic carbocycles. The third kappa shape index (κ3) is 6.29. The van der Waals surface area contributed by atoms with Crippen molar-refractivity contribution in [1.82, 2.24) is 5.32 Å². The Balaban J connectivity index is 2.77. The van der Waals surface area contributed by atoms with E-state index in [-0.39, 0.29) is 0 Å². The van der Waals surface area contributed by atoms with Gasteiger partial charge in [-0.05, 0) is 37.6 Å². The Kier molecular flexibility index (Phi) is 8.44. The molecule has 0 aliphatic carbocycles. The van der Waals surface area contributed by atoms with E-state index in [0.29, 0.717) is 28.7 Å². The van der Waals surface area contributed by atoms with Crippen molar-refractivity contribution < 1.29 is 33.3 Å². The summed E-state index contributed by atoms with van der Waals surface area (Å²) in [5.41, 5.74) is 0.568. The van der Waals surface area contributed by atoms with E-state index in [1.165, 1.54) is 20.1 Å². The number of benzene rings is 1. The molecule has 0 heterocycles. The number of amides is 2. The van der Waals surface area contributed by atoms with E-state index in [0.717, 1.165) is 13.2 Å². The molecular formula is C17H20ClNO7. The standard InChI is InChI=1S/C17H20ClNO7/c1-5-25-15-12(18)8-11(9-13(15)23-3)6-7-14(20)26-10(2)16(21)19-17(22)24-4/h6-10H,5H2,1-4H3,(H,19,21,22)/b7-6+/t10-/m1/s1. The Morgan fingerprint density at radius 1 is 1.27 bits per heavy atom. The lowest BCUT2D eigenvalue weighted by molar-refractivity contribution is -0.149. The van der Waals surface area contributed by atoms with Gasteiger partial charge in [-0.3, -0.25) is 10.1 Å². The van der Waals surface area contributed by atoms with E-state index in [4.69, 9.17) is 25.8 Å². The van der Waals surface area contributed by atoms with Crippen LogP contribution in [-0.4, -0.2) is 44.9 Å². The maximum atomic E-state index is 11.8. The Bertz CT molecular complexity index is 703. The predicted molar refractivity (Wildman–Crippen MR) is 94.3 cm³/mol. The molecule has 9 heteroatoms. The van der Waals surface area contributed by atoms with Gasteiger partial charge in [0.15, 0.2) is 17.6 Å². The van der Waals surface area contributed by atoms with Crippen LogP contribution in [0, 0.1) is 0 Å². The summed E-state index contributed by atoms with van der Waals surface area (Å²) in [6.07, 6.45) is 0.444. The maximum absolute atomic E-state index is 11.8. The number of alkyl carbamates (subject to hydrolysis) is 1. The van der Waals surface area contributed by atoms with E-state index in [1.54, 1.807) is 12.1 Å². The minimum absolute atomic E-state index is 0.324. The van der Waals surface area contributed by atoms with Gasteiger partial charge in [-0.1, -0.05) is 11.6 Å². The first kappa shape index (κ1) is 21.3. The van der Waals surface area contributed by atoms with Gasteiger partial charge < -0.3 is 18.9 Å². The summed E-state index contributed by atoms with van der Waals surface area (Å²) in [6.45, 7) is 3.56. The molecule has 0 fully saturated rings. The van der Waals surface area contributed by atoms with E-state index >= 15 is 0 Å². The van der Waals surface area contributed by atoms with Gasteiger partial charge in [-0.25, -0.2) is 9.59 Å². The summed E-state index contributed by atoms with van der Waals surface area (Å²) in [5, 5.41) is 2.22. The molecule has 0 aliphatic rings. The van der Waals surface area contributed by atoms with Crippen LogP contribution in [0.5, 0.6) is 11.5 Å². The van der Waals surface area contributed by atoms with E-state index in [2.05, 4.69) is 4.74 Å². The number of hydrogen-bond donors (Lipinski definition) is 1. The van der Waals surface area contributed by atoms with E-state index in [9.17, 15) is 14.4 Å². The summed E-state index contributed by atoms with van der Waals surface area (Å²) in [7, 11) is 2.58. The highest BCUT2D eigenvalue weighted by Gasteiger charge is 2.19.